The van der Waals surface area contributed by atoms with Crippen LogP contribution in [0.4, 0.5) is 4.39 Å². The molecular formula is C23H26FN5O3. The lowest BCUT2D eigenvalue weighted by Gasteiger charge is -2.32. The monoisotopic (exact) mass is 439 g/mol. The van der Waals surface area contributed by atoms with Crippen LogP contribution in [-0.4, -0.2) is 50.6 Å². The van der Waals surface area contributed by atoms with E-state index in [1.165, 1.54) is 35.0 Å². The number of Topliss-reactive ketones (excluding diaryl/α,β-unsaturated/α-hetero) is 1. The van der Waals surface area contributed by atoms with Crippen LogP contribution >= 0.6 is 0 Å². The average molecular weight is 439 g/mol. The van der Waals surface area contributed by atoms with E-state index >= 15 is 0 Å². The van der Waals surface area contributed by atoms with Gasteiger partial charge in [0, 0.05) is 36.3 Å². The fraction of sp³-hybridized carbons (Fsp3) is 0.391. The van der Waals surface area contributed by atoms with Crippen LogP contribution in [0.3, 0.4) is 0 Å². The van der Waals surface area contributed by atoms with Gasteiger partial charge in [-0.05, 0) is 62.9 Å². The third-order valence-corrected chi connectivity index (χ3v) is 6.16. The van der Waals surface area contributed by atoms with E-state index in [1.54, 1.807) is 6.92 Å². The summed E-state index contributed by atoms with van der Waals surface area (Å²) in [5.41, 5.74) is 7.32. The number of nitrogens with one attached hydrogen (secondary N) is 1. The van der Waals surface area contributed by atoms with Gasteiger partial charge in [-0.3, -0.25) is 18.8 Å². The lowest BCUT2D eigenvalue weighted by molar-refractivity contribution is 0.0917. The molecule has 3 aromatic rings. The molecule has 9 heteroatoms. The van der Waals surface area contributed by atoms with Gasteiger partial charge in [0.2, 0.25) is 0 Å². The van der Waals surface area contributed by atoms with E-state index in [9.17, 15) is 18.8 Å². The Morgan fingerprint density at radius 2 is 2.03 bits per heavy atom. The summed E-state index contributed by atoms with van der Waals surface area (Å²) in [4.78, 5) is 46.3. The number of ketones is 1. The number of amides is 1. The molecule has 8 nitrogen and oxygen atoms in total. The maximum Gasteiger partial charge on any atom is 0.271 e. The molecule has 0 bridgehead atoms. The highest BCUT2D eigenvalue weighted by atomic mass is 19.1. The number of benzene rings is 1. The highest BCUT2D eigenvalue weighted by Crippen LogP contribution is 2.22. The quantitative estimate of drug-likeness (QED) is 0.548. The van der Waals surface area contributed by atoms with Crippen molar-refractivity contribution in [2.45, 2.75) is 32.6 Å². The van der Waals surface area contributed by atoms with Gasteiger partial charge in [0.1, 0.15) is 12.1 Å². The molecule has 0 radical (unpaired) electrons. The van der Waals surface area contributed by atoms with Crippen molar-refractivity contribution in [2.75, 3.05) is 19.6 Å². The molecule has 1 aromatic carbocycles. The van der Waals surface area contributed by atoms with Gasteiger partial charge in [0.15, 0.2) is 17.1 Å². The second-order valence-electron chi connectivity index (χ2n) is 8.40. The second-order valence-corrected chi connectivity index (χ2v) is 8.40. The molecule has 2 aromatic heterocycles. The summed E-state index contributed by atoms with van der Waals surface area (Å²) < 4.78 is 14.4. The largest absolute Gasteiger partial charge is 0.364 e. The van der Waals surface area contributed by atoms with Crippen molar-refractivity contribution < 1.29 is 14.0 Å². The first kappa shape index (κ1) is 21.9. The molecule has 0 aliphatic carbocycles. The van der Waals surface area contributed by atoms with Gasteiger partial charge in [-0.15, -0.1) is 0 Å². The molecule has 4 rings (SSSR count). The Kier molecular flexibility index (Phi) is 6.18. The van der Waals surface area contributed by atoms with Crippen LogP contribution < -0.4 is 11.3 Å². The third kappa shape index (κ3) is 4.47. The van der Waals surface area contributed by atoms with Crippen LogP contribution in [0.5, 0.6) is 0 Å². The molecule has 1 aliphatic heterocycles. The van der Waals surface area contributed by atoms with Crippen molar-refractivity contribution in [2.24, 2.45) is 11.7 Å². The van der Waals surface area contributed by atoms with Crippen molar-refractivity contribution in [3.8, 4) is 0 Å². The van der Waals surface area contributed by atoms with Crippen LogP contribution in [0, 0.1) is 18.7 Å². The van der Waals surface area contributed by atoms with Crippen molar-refractivity contribution in [3.05, 3.63) is 69.3 Å². The Balaban J connectivity index is 1.41. The lowest BCUT2D eigenvalue weighted by atomic mass is 9.90. The first-order valence-corrected chi connectivity index (χ1v) is 10.7. The molecule has 1 fully saturated rings. The molecule has 1 atom stereocenters. The summed E-state index contributed by atoms with van der Waals surface area (Å²) in [6, 6.07) is 5.68. The minimum absolute atomic E-state index is 0.0277. The van der Waals surface area contributed by atoms with Crippen LogP contribution in [0.2, 0.25) is 0 Å². The number of hydrogen-bond donors (Lipinski definition) is 2. The Hall–Kier alpha value is -3.33. The molecule has 1 aliphatic rings. The van der Waals surface area contributed by atoms with Crippen LogP contribution in [0.15, 0.2) is 35.4 Å². The van der Waals surface area contributed by atoms with Crippen LogP contribution in [0.1, 0.15) is 51.4 Å². The summed E-state index contributed by atoms with van der Waals surface area (Å²) in [6.45, 7) is 4.18. The van der Waals surface area contributed by atoms with E-state index in [0.717, 1.165) is 25.9 Å². The molecule has 3 N–H and O–H groups in total. The Morgan fingerprint density at radius 3 is 2.75 bits per heavy atom. The van der Waals surface area contributed by atoms with Gasteiger partial charge in [-0.2, -0.15) is 0 Å². The number of primary amides is 1. The first-order valence-electron chi connectivity index (χ1n) is 10.7. The topological polar surface area (TPSA) is 114 Å². The highest BCUT2D eigenvalue weighted by molar-refractivity contribution is 5.97. The number of piperidine rings is 1. The summed E-state index contributed by atoms with van der Waals surface area (Å²) in [6.07, 6.45) is 4.24. The first-order chi connectivity index (χ1) is 15.3. The number of nitrogens with zero attached hydrogens (tertiary/aromatic N) is 3. The smallest absolute Gasteiger partial charge is 0.271 e. The molecule has 1 unspecified atom stereocenters. The summed E-state index contributed by atoms with van der Waals surface area (Å²) in [5.74, 6) is -0.782. The number of likely N-dealkylation sites (tertiary alicyclic amines) is 1. The normalized spacial score (nSPS) is 17.0. The zero-order valence-electron chi connectivity index (χ0n) is 17.9. The van der Waals surface area contributed by atoms with Crippen molar-refractivity contribution in [1.29, 1.82) is 0 Å². The highest BCUT2D eigenvalue weighted by Gasteiger charge is 2.23. The van der Waals surface area contributed by atoms with E-state index in [4.69, 9.17) is 5.73 Å². The van der Waals surface area contributed by atoms with Gasteiger partial charge in [-0.25, -0.2) is 9.37 Å². The van der Waals surface area contributed by atoms with E-state index in [1.807, 2.05) is 0 Å². The molecule has 1 saturated heterocycles. The van der Waals surface area contributed by atoms with Gasteiger partial charge < -0.3 is 15.6 Å². The molecule has 0 saturated carbocycles. The molecule has 32 heavy (non-hydrogen) atoms. The third-order valence-electron chi connectivity index (χ3n) is 6.16. The fourth-order valence-corrected chi connectivity index (χ4v) is 4.46. The van der Waals surface area contributed by atoms with Gasteiger partial charge in [0.25, 0.3) is 11.5 Å². The SMILES string of the molecule is Cc1[nH]c2c(C(N)=O)ncn2c(=O)c1CCN1CCCC(CC(=O)c2ccc(F)cc2)C1. The second kappa shape index (κ2) is 9.04. The number of rotatable bonds is 7. The summed E-state index contributed by atoms with van der Waals surface area (Å²) >= 11 is 0. The summed E-state index contributed by atoms with van der Waals surface area (Å²) in [5, 5.41) is 0. The Morgan fingerprint density at radius 1 is 1.28 bits per heavy atom. The standard InChI is InChI=1S/C23H26FN5O3/c1-14-18(23(32)29-13-26-20(21(25)31)22(29)27-14)8-10-28-9-2-3-15(12-28)11-19(30)16-4-6-17(24)7-5-16/h4-7,13,15,27H,2-3,8-12H2,1H3,(H2,25,31). The molecular weight excluding hydrogens is 413 g/mol. The number of fused-ring (bicyclic) bond motifs is 1. The van der Waals surface area contributed by atoms with Crippen molar-refractivity contribution in [3.63, 3.8) is 0 Å². The van der Waals surface area contributed by atoms with E-state index in [2.05, 4.69) is 14.9 Å². The van der Waals surface area contributed by atoms with Crippen LogP contribution in [-0.2, 0) is 6.42 Å². The van der Waals surface area contributed by atoms with Gasteiger partial charge in [-0.1, -0.05) is 0 Å². The Labute approximate surface area is 184 Å². The number of halogens is 1. The Bertz CT molecular complexity index is 1210. The number of aryl methyl sites for hydroxylation is 1. The predicted octanol–water partition coefficient (Wildman–Crippen LogP) is 2.10. The number of carbonyl (C=O) groups is 2. The van der Waals surface area contributed by atoms with Crippen molar-refractivity contribution in [1.82, 2.24) is 19.3 Å². The number of aromatic amines is 1. The molecule has 168 valence electrons. The zero-order valence-corrected chi connectivity index (χ0v) is 17.9. The lowest BCUT2D eigenvalue weighted by Crippen LogP contribution is -2.38. The molecule has 1 amide bonds. The number of H-pyrrole nitrogens is 1. The maximum absolute atomic E-state index is 13.1. The van der Waals surface area contributed by atoms with E-state index in [-0.39, 0.29) is 28.8 Å². The number of hydrogen-bond acceptors (Lipinski definition) is 5. The van der Waals surface area contributed by atoms with E-state index in [0.29, 0.717) is 41.9 Å². The maximum atomic E-state index is 13.1. The predicted molar refractivity (Wildman–Crippen MR) is 117 cm³/mol. The minimum Gasteiger partial charge on any atom is -0.364 e. The molecule has 0 spiro atoms. The average Bonchev–Trinajstić information content (AvgIpc) is 3.18. The van der Waals surface area contributed by atoms with E-state index < -0.39 is 5.91 Å². The minimum atomic E-state index is -0.690. The van der Waals surface area contributed by atoms with Gasteiger partial charge in [0.05, 0.1) is 0 Å². The zero-order chi connectivity index (χ0) is 22.8. The number of imidazole rings is 1. The van der Waals surface area contributed by atoms with Crippen molar-refractivity contribution >= 4 is 17.3 Å². The number of aromatic nitrogens is 3. The van der Waals surface area contributed by atoms with Gasteiger partial charge >= 0.3 is 0 Å². The molecule has 3 heterocycles. The fourth-order valence-electron chi connectivity index (χ4n) is 4.46. The number of nitrogens with two attached hydrogens (primary N) is 1. The number of carbonyl (C=O) groups excluding carboxylic acids is 2. The summed E-state index contributed by atoms with van der Waals surface area (Å²) in [7, 11) is 0. The van der Waals surface area contributed by atoms with Crippen LogP contribution in [0.25, 0.3) is 5.65 Å².